The van der Waals surface area contributed by atoms with Gasteiger partial charge in [-0.25, -0.2) is 4.39 Å². The zero-order valence-electron chi connectivity index (χ0n) is 14.1. The van der Waals surface area contributed by atoms with Crippen molar-refractivity contribution in [2.45, 2.75) is 19.3 Å². The van der Waals surface area contributed by atoms with Crippen LogP contribution in [0, 0.1) is 5.82 Å². The first-order valence-corrected chi connectivity index (χ1v) is 8.71. The second-order valence-corrected chi connectivity index (χ2v) is 6.82. The largest absolute Gasteiger partial charge is 0.306 e. The zero-order chi connectivity index (χ0) is 17.8. The number of aromatic nitrogens is 1. The fraction of sp³-hybridized carbons (Fsp3) is 0.300. The van der Waals surface area contributed by atoms with Gasteiger partial charge in [0.15, 0.2) is 5.78 Å². The summed E-state index contributed by atoms with van der Waals surface area (Å²) in [5.41, 5.74) is 2.91. The molecular formula is C20H20ClFN2O. The molecular weight excluding hydrogens is 339 g/mol. The number of hydrogen-bond donors (Lipinski definition) is 0. The van der Waals surface area contributed by atoms with Gasteiger partial charge in [-0.3, -0.25) is 9.78 Å². The molecule has 2 aromatic rings. The van der Waals surface area contributed by atoms with Gasteiger partial charge in [0.2, 0.25) is 0 Å². The number of piperidine rings is 1. The predicted octanol–water partition coefficient (Wildman–Crippen LogP) is 4.41. The molecule has 25 heavy (non-hydrogen) atoms. The highest BCUT2D eigenvalue weighted by Gasteiger charge is 2.14. The average Bonchev–Trinajstić information content (AvgIpc) is 2.57. The van der Waals surface area contributed by atoms with E-state index in [1.165, 1.54) is 17.7 Å². The number of benzene rings is 1. The number of carbonyl (C=O) groups is 1. The molecule has 0 radical (unpaired) electrons. The van der Waals surface area contributed by atoms with E-state index >= 15 is 0 Å². The maximum Gasteiger partial charge on any atom is 0.171 e. The third-order valence-corrected chi connectivity index (χ3v) is 4.62. The van der Waals surface area contributed by atoms with E-state index in [-0.39, 0.29) is 22.8 Å². The highest BCUT2D eigenvalue weighted by atomic mass is 35.5. The molecule has 5 heteroatoms. The van der Waals surface area contributed by atoms with Crippen molar-refractivity contribution in [2.75, 3.05) is 20.1 Å². The zero-order valence-corrected chi connectivity index (χ0v) is 14.9. The molecule has 0 saturated carbocycles. The number of ketones is 1. The Kier molecular flexibility index (Phi) is 5.61. The Morgan fingerprint density at radius 1 is 1.28 bits per heavy atom. The van der Waals surface area contributed by atoms with Gasteiger partial charge in [0, 0.05) is 23.8 Å². The number of hydrogen-bond acceptors (Lipinski definition) is 3. The highest BCUT2D eigenvalue weighted by Crippen LogP contribution is 2.19. The number of carbonyl (C=O) groups excluding carboxylic acids is 1. The van der Waals surface area contributed by atoms with E-state index in [0.717, 1.165) is 37.7 Å². The third-order valence-electron chi connectivity index (χ3n) is 4.38. The van der Waals surface area contributed by atoms with Crippen molar-refractivity contribution in [2.24, 2.45) is 0 Å². The first kappa shape index (κ1) is 17.8. The summed E-state index contributed by atoms with van der Waals surface area (Å²) in [6.07, 6.45) is 4.25. The summed E-state index contributed by atoms with van der Waals surface area (Å²) in [5, 5.41) is 0.277. The number of nitrogens with zero attached hydrogens (tertiary/aromatic N) is 2. The summed E-state index contributed by atoms with van der Waals surface area (Å²) in [4.78, 5) is 19.2. The van der Waals surface area contributed by atoms with Gasteiger partial charge in [0.1, 0.15) is 5.82 Å². The van der Waals surface area contributed by atoms with Gasteiger partial charge in [0.05, 0.1) is 17.7 Å². The second-order valence-electron chi connectivity index (χ2n) is 6.38. The number of pyridine rings is 1. The first-order valence-electron chi connectivity index (χ1n) is 8.33. The maximum absolute atomic E-state index is 13.9. The van der Waals surface area contributed by atoms with Crippen molar-refractivity contribution < 1.29 is 9.18 Å². The Labute approximate surface area is 152 Å². The molecule has 3 nitrogen and oxygen atoms in total. The van der Waals surface area contributed by atoms with Crippen LogP contribution in [0.4, 0.5) is 4.39 Å². The van der Waals surface area contributed by atoms with Gasteiger partial charge in [-0.1, -0.05) is 23.2 Å². The number of rotatable bonds is 4. The molecule has 0 amide bonds. The topological polar surface area (TPSA) is 33.2 Å². The van der Waals surface area contributed by atoms with Crippen LogP contribution in [0.5, 0.6) is 0 Å². The molecule has 1 aromatic heterocycles. The van der Waals surface area contributed by atoms with E-state index < -0.39 is 5.82 Å². The van der Waals surface area contributed by atoms with Crippen LogP contribution in [0.1, 0.15) is 34.6 Å². The first-order chi connectivity index (χ1) is 12.0. The van der Waals surface area contributed by atoms with Gasteiger partial charge in [-0.2, -0.15) is 0 Å². The highest BCUT2D eigenvalue weighted by molar-refractivity contribution is 6.30. The number of Topliss-reactive ketones (excluding diaryl/α,β-unsaturated/α-hetero) is 1. The minimum absolute atomic E-state index is 0.0466. The van der Waals surface area contributed by atoms with Gasteiger partial charge in [-0.05, 0) is 56.3 Å². The van der Waals surface area contributed by atoms with E-state index in [1.807, 2.05) is 12.1 Å². The van der Waals surface area contributed by atoms with Crippen LogP contribution in [-0.2, 0) is 6.42 Å². The van der Waals surface area contributed by atoms with Crippen LogP contribution in [-0.4, -0.2) is 35.8 Å². The van der Waals surface area contributed by atoms with Crippen LogP contribution >= 0.6 is 11.6 Å². The van der Waals surface area contributed by atoms with Gasteiger partial charge >= 0.3 is 0 Å². The maximum atomic E-state index is 13.9. The van der Waals surface area contributed by atoms with Gasteiger partial charge in [-0.15, -0.1) is 0 Å². The summed E-state index contributed by atoms with van der Waals surface area (Å²) in [5.74, 6) is -0.896. The van der Waals surface area contributed by atoms with E-state index in [9.17, 15) is 9.18 Å². The molecule has 2 heterocycles. The number of halogens is 2. The normalized spacial score (nSPS) is 15.2. The Balaban J connectivity index is 1.73. The Hall–Kier alpha value is -2.04. The van der Waals surface area contributed by atoms with E-state index in [2.05, 4.69) is 23.0 Å². The van der Waals surface area contributed by atoms with E-state index in [1.54, 1.807) is 6.07 Å². The molecule has 0 aliphatic carbocycles. The summed E-state index contributed by atoms with van der Waals surface area (Å²) >= 11 is 5.73. The smallest absolute Gasteiger partial charge is 0.171 e. The lowest BCUT2D eigenvalue weighted by molar-refractivity contribution is 0.0988. The molecule has 130 valence electrons. The lowest BCUT2D eigenvalue weighted by atomic mass is 10.0. The summed E-state index contributed by atoms with van der Waals surface area (Å²) in [7, 11) is 2.12. The molecule has 0 bridgehead atoms. The molecule has 1 aliphatic heterocycles. The Morgan fingerprint density at radius 3 is 2.76 bits per heavy atom. The molecule has 3 rings (SSSR count). The van der Waals surface area contributed by atoms with Crippen molar-refractivity contribution in [1.82, 2.24) is 9.88 Å². The van der Waals surface area contributed by atoms with Crippen molar-refractivity contribution in [3.8, 4) is 0 Å². The summed E-state index contributed by atoms with van der Waals surface area (Å²) in [6.45, 7) is 2.11. The molecule has 0 N–H and O–H groups in total. The van der Waals surface area contributed by atoms with Gasteiger partial charge in [0.25, 0.3) is 0 Å². The molecule has 1 aliphatic rings. The minimum Gasteiger partial charge on any atom is -0.306 e. The van der Waals surface area contributed by atoms with Crippen LogP contribution in [0.15, 0.2) is 42.0 Å². The van der Waals surface area contributed by atoms with Crippen LogP contribution in [0.25, 0.3) is 6.08 Å². The standard InChI is InChI=1S/C20H20ClFN2O/c1-24-9-7-14(8-10-24)11-16-3-2-4-17(23-16)13-20(25)18-6-5-15(21)12-19(18)22/h2-6,11-12H,7-10,13H2,1H3. The molecule has 0 unspecified atom stereocenters. The Bertz CT molecular complexity index is 809. The SMILES string of the molecule is CN1CCC(=Cc2cccc(CC(=O)c3ccc(Cl)cc3F)n2)CC1. The second kappa shape index (κ2) is 7.89. The van der Waals surface area contributed by atoms with Crippen molar-refractivity contribution in [3.05, 3.63) is 69.8 Å². The molecule has 0 spiro atoms. The van der Waals surface area contributed by atoms with Crippen LogP contribution < -0.4 is 0 Å². The molecule has 0 atom stereocenters. The van der Waals surface area contributed by atoms with E-state index in [0.29, 0.717) is 5.69 Å². The van der Waals surface area contributed by atoms with E-state index in [4.69, 9.17) is 11.6 Å². The van der Waals surface area contributed by atoms with Crippen LogP contribution in [0.3, 0.4) is 0 Å². The quantitative estimate of drug-likeness (QED) is 0.759. The lowest BCUT2D eigenvalue weighted by Gasteiger charge is -2.23. The predicted molar refractivity (Wildman–Crippen MR) is 98.4 cm³/mol. The van der Waals surface area contributed by atoms with Crippen molar-refractivity contribution in [1.29, 1.82) is 0 Å². The van der Waals surface area contributed by atoms with Gasteiger partial charge < -0.3 is 4.90 Å². The average molecular weight is 359 g/mol. The fourth-order valence-electron chi connectivity index (χ4n) is 2.91. The number of likely N-dealkylation sites (tertiary alicyclic amines) is 1. The Morgan fingerprint density at radius 2 is 2.04 bits per heavy atom. The fourth-order valence-corrected chi connectivity index (χ4v) is 3.07. The monoisotopic (exact) mass is 358 g/mol. The summed E-state index contributed by atoms with van der Waals surface area (Å²) < 4.78 is 13.9. The van der Waals surface area contributed by atoms with Crippen molar-refractivity contribution >= 4 is 23.5 Å². The lowest BCUT2D eigenvalue weighted by Crippen LogP contribution is -2.26. The molecule has 1 fully saturated rings. The minimum atomic E-state index is -0.595. The van der Waals surface area contributed by atoms with Crippen LogP contribution in [0.2, 0.25) is 5.02 Å². The molecule has 1 saturated heterocycles. The molecule has 1 aromatic carbocycles. The summed E-state index contributed by atoms with van der Waals surface area (Å²) in [6, 6.07) is 9.71. The van der Waals surface area contributed by atoms with Crippen molar-refractivity contribution in [3.63, 3.8) is 0 Å². The third kappa shape index (κ3) is 4.74.